The van der Waals surface area contributed by atoms with E-state index in [1.165, 1.54) is 5.56 Å². The van der Waals surface area contributed by atoms with Gasteiger partial charge in [0.1, 0.15) is 5.82 Å². The van der Waals surface area contributed by atoms with Crippen molar-refractivity contribution in [2.75, 3.05) is 0 Å². The van der Waals surface area contributed by atoms with Crippen LogP contribution in [0, 0.1) is 6.92 Å². The number of H-pyrrole nitrogens is 1. The van der Waals surface area contributed by atoms with Crippen LogP contribution in [0.2, 0.25) is 0 Å². The molecule has 1 amide bonds. The summed E-state index contributed by atoms with van der Waals surface area (Å²) < 4.78 is 0. The standard InChI is InChI=1S/C13H15N3O/c1-10-2-4-11(5-3-10)8-13(17)16-9-12-14-6-7-15-12/h2-7H,8-9H2,1H3,(H,14,15)(H,16,17). The molecule has 0 saturated carbocycles. The van der Waals surface area contributed by atoms with Gasteiger partial charge < -0.3 is 10.3 Å². The Labute approximate surface area is 100 Å². The molecule has 1 aromatic carbocycles. The number of rotatable bonds is 4. The van der Waals surface area contributed by atoms with Crippen LogP contribution in [0.3, 0.4) is 0 Å². The molecule has 4 nitrogen and oxygen atoms in total. The molecule has 88 valence electrons. The number of benzene rings is 1. The highest BCUT2D eigenvalue weighted by atomic mass is 16.1. The normalized spacial score (nSPS) is 10.2. The highest BCUT2D eigenvalue weighted by molar-refractivity contribution is 5.78. The minimum Gasteiger partial charge on any atom is -0.349 e. The highest BCUT2D eigenvalue weighted by Crippen LogP contribution is 2.03. The maximum absolute atomic E-state index is 11.6. The first-order valence-electron chi connectivity index (χ1n) is 5.54. The number of hydrogen-bond acceptors (Lipinski definition) is 2. The van der Waals surface area contributed by atoms with Gasteiger partial charge in [-0.2, -0.15) is 0 Å². The summed E-state index contributed by atoms with van der Waals surface area (Å²) in [6.45, 7) is 2.47. The molecule has 2 rings (SSSR count). The van der Waals surface area contributed by atoms with Crippen LogP contribution in [0.1, 0.15) is 17.0 Å². The Morgan fingerprint density at radius 2 is 2.12 bits per heavy atom. The fourth-order valence-electron chi connectivity index (χ4n) is 1.53. The van der Waals surface area contributed by atoms with Gasteiger partial charge in [-0.15, -0.1) is 0 Å². The van der Waals surface area contributed by atoms with Crippen LogP contribution in [0.25, 0.3) is 0 Å². The Kier molecular flexibility index (Phi) is 3.55. The third-order valence-corrected chi connectivity index (χ3v) is 2.49. The number of nitrogens with one attached hydrogen (secondary N) is 2. The summed E-state index contributed by atoms with van der Waals surface area (Å²) in [6, 6.07) is 7.97. The van der Waals surface area contributed by atoms with Crippen molar-refractivity contribution in [3.05, 3.63) is 53.6 Å². The zero-order valence-electron chi connectivity index (χ0n) is 9.73. The Balaban J connectivity index is 1.83. The van der Waals surface area contributed by atoms with Crippen molar-refractivity contribution in [3.63, 3.8) is 0 Å². The van der Waals surface area contributed by atoms with Crippen molar-refractivity contribution in [2.45, 2.75) is 19.9 Å². The van der Waals surface area contributed by atoms with Gasteiger partial charge in [0.15, 0.2) is 0 Å². The van der Waals surface area contributed by atoms with E-state index in [0.29, 0.717) is 13.0 Å². The molecule has 0 spiro atoms. The van der Waals surface area contributed by atoms with E-state index < -0.39 is 0 Å². The second-order valence-corrected chi connectivity index (χ2v) is 3.97. The number of imidazole rings is 1. The molecular weight excluding hydrogens is 214 g/mol. The SMILES string of the molecule is Cc1ccc(CC(=O)NCc2ncc[nH]2)cc1. The van der Waals surface area contributed by atoms with Gasteiger partial charge in [-0.05, 0) is 12.5 Å². The molecule has 0 aliphatic carbocycles. The first-order valence-corrected chi connectivity index (χ1v) is 5.54. The number of nitrogens with zero attached hydrogens (tertiary/aromatic N) is 1. The molecule has 0 saturated heterocycles. The molecule has 2 N–H and O–H groups in total. The molecule has 1 heterocycles. The molecule has 0 aliphatic heterocycles. The first-order chi connectivity index (χ1) is 8.24. The lowest BCUT2D eigenvalue weighted by molar-refractivity contribution is -0.120. The molecule has 2 aromatic rings. The van der Waals surface area contributed by atoms with Gasteiger partial charge in [-0.1, -0.05) is 29.8 Å². The molecule has 1 aromatic heterocycles. The fraction of sp³-hybridized carbons (Fsp3) is 0.231. The summed E-state index contributed by atoms with van der Waals surface area (Å²) in [4.78, 5) is 18.6. The monoisotopic (exact) mass is 229 g/mol. The number of hydrogen-bond donors (Lipinski definition) is 2. The van der Waals surface area contributed by atoms with Gasteiger partial charge in [0, 0.05) is 12.4 Å². The van der Waals surface area contributed by atoms with E-state index in [1.54, 1.807) is 12.4 Å². The number of carbonyl (C=O) groups is 1. The van der Waals surface area contributed by atoms with E-state index in [4.69, 9.17) is 0 Å². The molecule has 17 heavy (non-hydrogen) atoms. The largest absolute Gasteiger partial charge is 0.349 e. The predicted molar refractivity (Wildman–Crippen MR) is 65.3 cm³/mol. The average molecular weight is 229 g/mol. The van der Waals surface area contributed by atoms with E-state index in [1.807, 2.05) is 31.2 Å². The van der Waals surface area contributed by atoms with Crippen LogP contribution in [-0.4, -0.2) is 15.9 Å². The zero-order chi connectivity index (χ0) is 12.1. The lowest BCUT2D eigenvalue weighted by Crippen LogP contribution is -2.25. The zero-order valence-corrected chi connectivity index (χ0v) is 9.73. The summed E-state index contributed by atoms with van der Waals surface area (Å²) in [5, 5.41) is 2.82. The molecule has 0 radical (unpaired) electrons. The minimum atomic E-state index is 0.00486. The molecule has 0 fully saturated rings. The number of aromatic amines is 1. The Bertz CT molecular complexity index is 474. The van der Waals surface area contributed by atoms with Gasteiger partial charge in [-0.3, -0.25) is 4.79 Å². The third kappa shape index (κ3) is 3.45. The third-order valence-electron chi connectivity index (χ3n) is 2.49. The van der Waals surface area contributed by atoms with Crippen LogP contribution in [0.15, 0.2) is 36.7 Å². The van der Waals surface area contributed by atoms with Crippen LogP contribution in [0.5, 0.6) is 0 Å². The van der Waals surface area contributed by atoms with Crippen LogP contribution in [-0.2, 0) is 17.8 Å². The van der Waals surface area contributed by atoms with Gasteiger partial charge in [0.05, 0.1) is 13.0 Å². The predicted octanol–water partition coefficient (Wildman–Crippen LogP) is 1.58. The lowest BCUT2D eigenvalue weighted by atomic mass is 10.1. The Morgan fingerprint density at radius 3 is 2.76 bits per heavy atom. The number of aromatic nitrogens is 2. The topological polar surface area (TPSA) is 57.8 Å². The summed E-state index contributed by atoms with van der Waals surface area (Å²) in [5.41, 5.74) is 2.22. The van der Waals surface area contributed by atoms with Crippen LogP contribution in [0.4, 0.5) is 0 Å². The lowest BCUT2D eigenvalue weighted by Gasteiger charge is -2.03. The Hall–Kier alpha value is -2.10. The van der Waals surface area contributed by atoms with Gasteiger partial charge in [0.25, 0.3) is 0 Å². The highest BCUT2D eigenvalue weighted by Gasteiger charge is 2.03. The first kappa shape index (κ1) is 11.4. The van der Waals surface area contributed by atoms with E-state index in [0.717, 1.165) is 11.4 Å². The van der Waals surface area contributed by atoms with Crippen molar-refractivity contribution in [1.29, 1.82) is 0 Å². The van der Waals surface area contributed by atoms with Crippen molar-refractivity contribution in [3.8, 4) is 0 Å². The van der Waals surface area contributed by atoms with E-state index >= 15 is 0 Å². The van der Waals surface area contributed by atoms with Crippen molar-refractivity contribution >= 4 is 5.91 Å². The van der Waals surface area contributed by atoms with Crippen LogP contribution < -0.4 is 5.32 Å². The molecule has 4 heteroatoms. The second-order valence-electron chi connectivity index (χ2n) is 3.97. The fourth-order valence-corrected chi connectivity index (χ4v) is 1.53. The summed E-state index contributed by atoms with van der Waals surface area (Å²) in [5.74, 6) is 0.771. The summed E-state index contributed by atoms with van der Waals surface area (Å²) in [6.07, 6.45) is 3.81. The molecule has 0 aliphatic rings. The molecular formula is C13H15N3O. The minimum absolute atomic E-state index is 0.00486. The van der Waals surface area contributed by atoms with Crippen molar-refractivity contribution < 1.29 is 4.79 Å². The summed E-state index contributed by atoms with van der Waals surface area (Å²) >= 11 is 0. The molecule has 0 atom stereocenters. The number of aryl methyl sites for hydroxylation is 1. The van der Waals surface area contributed by atoms with E-state index in [-0.39, 0.29) is 5.91 Å². The quantitative estimate of drug-likeness (QED) is 0.836. The number of amides is 1. The van der Waals surface area contributed by atoms with E-state index in [2.05, 4.69) is 15.3 Å². The average Bonchev–Trinajstić information content (AvgIpc) is 2.83. The van der Waals surface area contributed by atoms with Gasteiger partial charge in [0.2, 0.25) is 5.91 Å². The Morgan fingerprint density at radius 1 is 1.35 bits per heavy atom. The second kappa shape index (κ2) is 5.30. The molecule has 0 bridgehead atoms. The van der Waals surface area contributed by atoms with Crippen LogP contribution >= 0.6 is 0 Å². The van der Waals surface area contributed by atoms with Crippen molar-refractivity contribution in [2.24, 2.45) is 0 Å². The number of carbonyl (C=O) groups excluding carboxylic acids is 1. The van der Waals surface area contributed by atoms with Gasteiger partial charge >= 0.3 is 0 Å². The van der Waals surface area contributed by atoms with Gasteiger partial charge in [-0.25, -0.2) is 4.98 Å². The summed E-state index contributed by atoms with van der Waals surface area (Å²) in [7, 11) is 0. The maximum Gasteiger partial charge on any atom is 0.224 e. The van der Waals surface area contributed by atoms with Crippen molar-refractivity contribution in [1.82, 2.24) is 15.3 Å². The maximum atomic E-state index is 11.6. The van der Waals surface area contributed by atoms with E-state index in [9.17, 15) is 4.79 Å². The molecule has 0 unspecified atom stereocenters. The smallest absolute Gasteiger partial charge is 0.224 e.